The van der Waals surface area contributed by atoms with Crippen LogP contribution in [-0.4, -0.2) is 35.2 Å². The first-order valence-electron chi connectivity index (χ1n) is 8.71. The second-order valence-electron chi connectivity index (χ2n) is 6.29. The van der Waals surface area contributed by atoms with Crippen molar-refractivity contribution in [3.8, 4) is 17.4 Å². The van der Waals surface area contributed by atoms with E-state index in [2.05, 4.69) is 0 Å². The number of fused-ring (bicyclic) bond motifs is 5. The highest BCUT2D eigenvalue weighted by Crippen LogP contribution is 2.44. The molecule has 0 saturated carbocycles. The van der Waals surface area contributed by atoms with Gasteiger partial charge in [-0.3, -0.25) is 14.4 Å². The molecular formula is C18H16N2O8. The lowest BCUT2D eigenvalue weighted by molar-refractivity contribution is -0.151. The molecule has 1 aromatic carbocycles. The fourth-order valence-electron chi connectivity index (χ4n) is 3.16. The predicted octanol–water partition coefficient (Wildman–Crippen LogP) is 0.401. The zero-order valence-corrected chi connectivity index (χ0v) is 14.7. The van der Waals surface area contributed by atoms with Gasteiger partial charge in [-0.25, -0.2) is 4.79 Å². The molecule has 10 nitrogen and oxygen atoms in total. The molecule has 0 amide bonds. The Hall–Kier alpha value is -3.40. The van der Waals surface area contributed by atoms with Crippen molar-refractivity contribution >= 4 is 34.8 Å². The largest absolute Gasteiger partial charge is 0.422 e. The number of esters is 3. The van der Waals surface area contributed by atoms with E-state index in [1.54, 1.807) is 0 Å². The van der Waals surface area contributed by atoms with Gasteiger partial charge in [0.25, 0.3) is 0 Å². The Kier molecular flexibility index (Phi) is 4.47. The fourth-order valence-corrected chi connectivity index (χ4v) is 3.16. The highest BCUT2D eigenvalue weighted by atomic mass is 16.7. The maximum absolute atomic E-state index is 12.1. The third-order valence-electron chi connectivity index (χ3n) is 4.37. The highest BCUT2D eigenvalue weighted by Gasteiger charge is 2.31. The van der Waals surface area contributed by atoms with Crippen molar-refractivity contribution in [2.24, 2.45) is 5.73 Å². The molecule has 0 radical (unpaired) electrons. The van der Waals surface area contributed by atoms with Gasteiger partial charge in [-0.05, 0) is 25.1 Å². The van der Waals surface area contributed by atoms with Crippen LogP contribution >= 0.6 is 0 Å². The van der Waals surface area contributed by atoms with E-state index in [0.717, 1.165) is 4.73 Å². The number of hydrogen-bond donors (Lipinski definition) is 1. The molecule has 2 N–H and O–H groups in total. The molecule has 28 heavy (non-hydrogen) atoms. The van der Waals surface area contributed by atoms with Crippen LogP contribution in [0.15, 0.2) is 12.1 Å². The van der Waals surface area contributed by atoms with E-state index in [9.17, 15) is 19.2 Å². The van der Waals surface area contributed by atoms with Gasteiger partial charge in [-0.2, -0.15) is 0 Å². The summed E-state index contributed by atoms with van der Waals surface area (Å²) in [6, 6.07) is 2.94. The average Bonchev–Trinajstić information content (AvgIpc) is 2.91. The van der Waals surface area contributed by atoms with Crippen molar-refractivity contribution in [3.63, 3.8) is 0 Å². The van der Waals surface area contributed by atoms with Gasteiger partial charge in [0.2, 0.25) is 5.88 Å². The molecule has 0 saturated heterocycles. The van der Waals surface area contributed by atoms with Crippen molar-refractivity contribution < 1.29 is 38.2 Å². The molecule has 146 valence electrons. The first-order valence-corrected chi connectivity index (χ1v) is 8.71. The van der Waals surface area contributed by atoms with Crippen LogP contribution in [0.2, 0.25) is 0 Å². The van der Waals surface area contributed by atoms with Crippen LogP contribution in [0.4, 0.5) is 0 Å². The monoisotopic (exact) mass is 388 g/mol. The molecule has 2 aromatic rings. The second-order valence-corrected chi connectivity index (χ2v) is 6.29. The highest BCUT2D eigenvalue weighted by molar-refractivity contribution is 5.98. The number of carbonyl (C=O) groups is 4. The van der Waals surface area contributed by atoms with E-state index < -0.39 is 23.9 Å². The van der Waals surface area contributed by atoms with E-state index in [4.69, 9.17) is 24.8 Å². The van der Waals surface area contributed by atoms with Crippen molar-refractivity contribution in [2.45, 2.75) is 32.1 Å². The molecule has 0 aliphatic carbocycles. The van der Waals surface area contributed by atoms with Crippen LogP contribution in [0.1, 0.15) is 31.2 Å². The number of carbonyl (C=O) groups excluding carboxylic acids is 4. The number of rotatable bonds is 2. The summed E-state index contributed by atoms with van der Waals surface area (Å²) in [6.07, 6.45) is -0.285. The maximum atomic E-state index is 12.1. The lowest BCUT2D eigenvalue weighted by Gasteiger charge is -2.15. The van der Waals surface area contributed by atoms with E-state index in [1.165, 1.54) is 12.1 Å². The topological polar surface area (TPSA) is 136 Å². The van der Waals surface area contributed by atoms with Gasteiger partial charge in [-0.15, -0.1) is 4.73 Å². The Morgan fingerprint density at radius 2 is 1.50 bits per heavy atom. The van der Waals surface area contributed by atoms with Crippen LogP contribution in [0.25, 0.3) is 10.9 Å². The quantitative estimate of drug-likeness (QED) is 0.572. The molecule has 0 bridgehead atoms. The Balaban J connectivity index is 2.02. The summed E-state index contributed by atoms with van der Waals surface area (Å²) in [6.45, 7) is 0.176. The van der Waals surface area contributed by atoms with Gasteiger partial charge in [0.1, 0.15) is 0 Å². The van der Waals surface area contributed by atoms with E-state index in [0.29, 0.717) is 16.5 Å². The Labute approximate surface area is 158 Å². The number of hydrogen-bond acceptors (Lipinski definition) is 9. The van der Waals surface area contributed by atoms with Crippen LogP contribution in [0, 0.1) is 0 Å². The average molecular weight is 388 g/mol. The number of benzene rings is 1. The first kappa shape index (κ1) is 18.0. The zero-order valence-electron chi connectivity index (χ0n) is 14.7. The third-order valence-corrected chi connectivity index (χ3v) is 4.37. The van der Waals surface area contributed by atoms with Gasteiger partial charge in [0.15, 0.2) is 11.5 Å². The molecule has 10 heteroatoms. The lowest BCUT2D eigenvalue weighted by atomic mass is 10.1. The molecule has 0 unspecified atom stereocenters. The van der Waals surface area contributed by atoms with E-state index in [1.807, 2.05) is 0 Å². The molecule has 3 heterocycles. The van der Waals surface area contributed by atoms with Gasteiger partial charge < -0.3 is 24.8 Å². The smallest absolute Gasteiger partial charge is 0.333 e. The number of nitrogens with two attached hydrogens (primary N) is 1. The molecule has 0 atom stereocenters. The minimum Gasteiger partial charge on any atom is -0.422 e. The van der Waals surface area contributed by atoms with Crippen molar-refractivity contribution in [3.05, 3.63) is 17.7 Å². The minimum absolute atomic E-state index is 0.00894. The number of aromatic nitrogens is 1. The number of ether oxygens (including phenoxy) is 3. The van der Waals surface area contributed by atoms with E-state index >= 15 is 0 Å². The van der Waals surface area contributed by atoms with Crippen LogP contribution in [0.5, 0.6) is 17.4 Å². The molecule has 1 aromatic heterocycles. The molecule has 2 aliphatic rings. The Morgan fingerprint density at radius 1 is 0.857 bits per heavy atom. The van der Waals surface area contributed by atoms with Crippen molar-refractivity contribution in [1.29, 1.82) is 0 Å². The van der Waals surface area contributed by atoms with Crippen molar-refractivity contribution in [2.75, 3.05) is 6.54 Å². The molecule has 4 rings (SSSR count). The summed E-state index contributed by atoms with van der Waals surface area (Å²) >= 11 is 0. The maximum Gasteiger partial charge on any atom is 0.333 e. The summed E-state index contributed by atoms with van der Waals surface area (Å²) in [4.78, 5) is 53.3. The van der Waals surface area contributed by atoms with Crippen LogP contribution in [-0.2, 0) is 25.6 Å². The summed E-state index contributed by atoms with van der Waals surface area (Å²) in [7, 11) is 0. The predicted molar refractivity (Wildman–Crippen MR) is 91.7 cm³/mol. The zero-order chi connectivity index (χ0) is 19.8. The lowest BCUT2D eigenvalue weighted by Crippen LogP contribution is -2.26. The second kappa shape index (κ2) is 6.97. The summed E-state index contributed by atoms with van der Waals surface area (Å²) in [5.74, 6) is -2.40. The first-order chi connectivity index (χ1) is 13.5. The summed E-state index contributed by atoms with van der Waals surface area (Å²) in [5, 5.41) is 0.323. The van der Waals surface area contributed by atoms with Crippen LogP contribution in [0.3, 0.4) is 0 Å². The van der Waals surface area contributed by atoms with Gasteiger partial charge in [-0.1, -0.05) is 0 Å². The normalized spacial score (nSPS) is 17.2. The van der Waals surface area contributed by atoms with Gasteiger partial charge >= 0.3 is 23.9 Å². The Bertz CT molecular complexity index is 1020. The van der Waals surface area contributed by atoms with Gasteiger partial charge in [0.05, 0.1) is 36.6 Å². The fraction of sp³-hybridized carbons (Fsp3) is 0.333. The SMILES string of the molecule is NCCc1c2n(c3ccc4c(c13)OC(=O)CCC(=O)O4)OC(=O)CCC(=O)O2. The standard InChI is InChI=1S/C18H16N2O8/c19-8-7-9-16-10(20-18(9)27-14(23)5-6-15(24)28-20)1-2-11-17(16)26-13(22)4-3-12(21)25-11/h1-2H,3-8,19H2. The summed E-state index contributed by atoms with van der Waals surface area (Å²) in [5.41, 5.74) is 6.42. The number of nitrogens with zero attached hydrogens (tertiary/aromatic N) is 1. The van der Waals surface area contributed by atoms with E-state index in [-0.39, 0.29) is 56.0 Å². The van der Waals surface area contributed by atoms with Crippen molar-refractivity contribution in [1.82, 2.24) is 4.73 Å². The third kappa shape index (κ3) is 3.07. The summed E-state index contributed by atoms with van der Waals surface area (Å²) < 4.78 is 17.2. The van der Waals surface area contributed by atoms with Gasteiger partial charge in [0, 0.05) is 5.56 Å². The minimum atomic E-state index is -0.621. The molecule has 0 spiro atoms. The molecule has 2 aliphatic heterocycles. The molecular weight excluding hydrogens is 372 g/mol. The Morgan fingerprint density at radius 3 is 2.21 bits per heavy atom. The van der Waals surface area contributed by atoms with Crippen LogP contribution < -0.4 is 24.8 Å². The molecule has 0 fully saturated rings.